The van der Waals surface area contributed by atoms with E-state index in [0.717, 1.165) is 0 Å². The van der Waals surface area contributed by atoms with E-state index in [-0.39, 0.29) is 6.92 Å². The lowest BCUT2D eigenvalue weighted by molar-refractivity contribution is -0.369. The third kappa shape index (κ3) is 2.31. The zero-order valence-electron chi connectivity index (χ0n) is 8.13. The quantitative estimate of drug-likeness (QED) is 0.610. The van der Waals surface area contributed by atoms with Crippen molar-refractivity contribution in [2.24, 2.45) is 0 Å². The molecule has 0 rings (SSSR count). The third-order valence-electron chi connectivity index (χ3n) is 2.02. The van der Waals surface area contributed by atoms with Gasteiger partial charge in [-0.3, -0.25) is 0 Å². The van der Waals surface area contributed by atoms with E-state index in [2.05, 4.69) is 0 Å². The van der Waals surface area contributed by atoms with Crippen LogP contribution in [0.15, 0.2) is 0 Å². The number of halogens is 9. The summed E-state index contributed by atoms with van der Waals surface area (Å²) in [5.74, 6) is -20.1. The Morgan fingerprint density at radius 1 is 1.00 bits per heavy atom. The zero-order valence-corrected chi connectivity index (χ0v) is 8.89. The van der Waals surface area contributed by atoms with Crippen LogP contribution in [0.5, 0.6) is 0 Å². The van der Waals surface area contributed by atoms with Gasteiger partial charge in [-0.2, -0.15) is 26.3 Å². The van der Waals surface area contributed by atoms with Gasteiger partial charge in [0.2, 0.25) is 0 Å². The molecule has 17 heavy (non-hydrogen) atoms. The highest BCUT2D eigenvalue weighted by Gasteiger charge is 2.79. The fourth-order valence-electron chi connectivity index (χ4n) is 0.768. The second kappa shape index (κ2) is 4.42. The summed E-state index contributed by atoms with van der Waals surface area (Å²) >= 11 is 4.72. The number of hydrogen-bond acceptors (Lipinski definition) is 1. The molecule has 0 heterocycles. The van der Waals surface area contributed by atoms with Gasteiger partial charge >= 0.3 is 24.2 Å². The van der Waals surface area contributed by atoms with Crippen LogP contribution in [0.4, 0.5) is 35.1 Å². The first kappa shape index (κ1) is 16.7. The van der Waals surface area contributed by atoms with Crippen molar-refractivity contribution < 1.29 is 40.2 Å². The van der Waals surface area contributed by atoms with E-state index < -0.39 is 35.7 Å². The Morgan fingerprint density at radius 3 is 1.59 bits per heavy atom. The Morgan fingerprint density at radius 2 is 1.35 bits per heavy atom. The molecule has 0 aliphatic heterocycles. The summed E-state index contributed by atoms with van der Waals surface area (Å²) in [5.41, 5.74) is -3.77. The average molecular weight is 295 g/mol. The van der Waals surface area contributed by atoms with E-state index in [1.54, 1.807) is 0 Å². The predicted octanol–water partition coefficient (Wildman–Crippen LogP) is 3.15. The molecule has 0 fully saturated rings. The smallest absolute Gasteiger partial charge is 0.380 e. The highest BCUT2D eigenvalue weighted by Crippen LogP contribution is 2.52. The average Bonchev–Trinajstić information content (AvgIpc) is 2.16. The van der Waals surface area contributed by atoms with Crippen molar-refractivity contribution in [2.75, 3.05) is 5.88 Å². The lowest BCUT2D eigenvalue weighted by Crippen LogP contribution is -2.66. The monoisotopic (exact) mass is 294 g/mol. The fraction of sp³-hybridized carbons (Fsp3) is 1.00. The van der Waals surface area contributed by atoms with Crippen LogP contribution in [0, 0.1) is 0 Å². The topological polar surface area (TPSA) is 20.2 Å². The molecule has 0 spiro atoms. The summed E-state index contributed by atoms with van der Waals surface area (Å²) < 4.78 is 99.3. The molecule has 1 atom stereocenters. The van der Waals surface area contributed by atoms with Gasteiger partial charge in [-0.25, -0.2) is 8.78 Å². The van der Waals surface area contributed by atoms with E-state index in [0.29, 0.717) is 0 Å². The molecule has 0 aromatic heterocycles. The van der Waals surface area contributed by atoms with Gasteiger partial charge in [-0.15, -0.1) is 11.6 Å². The summed E-state index contributed by atoms with van der Waals surface area (Å²) in [6.45, 7) is 0.0372. The molecule has 0 saturated carbocycles. The van der Waals surface area contributed by atoms with Gasteiger partial charge < -0.3 is 5.11 Å². The van der Waals surface area contributed by atoms with Gasteiger partial charge in [0.25, 0.3) is 0 Å². The van der Waals surface area contributed by atoms with Crippen LogP contribution in [0.2, 0.25) is 0 Å². The van der Waals surface area contributed by atoms with Gasteiger partial charge in [-0.1, -0.05) is 0 Å². The van der Waals surface area contributed by atoms with Gasteiger partial charge in [-0.05, 0) is 6.92 Å². The highest BCUT2D eigenvalue weighted by atomic mass is 35.5. The third-order valence-corrected chi connectivity index (χ3v) is 2.54. The van der Waals surface area contributed by atoms with Crippen molar-refractivity contribution in [2.45, 2.75) is 36.7 Å². The normalized spacial score (nSPS) is 18.4. The van der Waals surface area contributed by atoms with E-state index >= 15 is 0 Å². The van der Waals surface area contributed by atoms with Gasteiger partial charge in [0.15, 0.2) is 0 Å². The van der Waals surface area contributed by atoms with Gasteiger partial charge in [0, 0.05) is 0 Å². The Labute approximate surface area is 95.4 Å². The summed E-state index contributed by atoms with van der Waals surface area (Å²) in [6.07, 6.45) is -5.02. The molecule has 1 unspecified atom stereocenters. The minimum atomic E-state index is -6.45. The van der Waals surface area contributed by atoms with Crippen molar-refractivity contribution in [3.8, 4) is 0 Å². The molecule has 0 aliphatic carbocycles. The van der Waals surface area contributed by atoms with Crippen molar-refractivity contribution in [3.05, 3.63) is 0 Å². The molecule has 0 aromatic carbocycles. The zero-order chi connectivity index (χ0) is 14.3. The van der Waals surface area contributed by atoms with Crippen LogP contribution in [0.25, 0.3) is 0 Å². The molecule has 0 bridgehead atoms. The summed E-state index contributed by atoms with van der Waals surface area (Å²) in [5, 5.41) is 8.79. The van der Waals surface area contributed by atoms with E-state index in [1.807, 2.05) is 0 Å². The SMILES string of the molecule is CC(O)(CCl)C(F)(F)C(F)(F)C(F)(F)C(F)F. The lowest BCUT2D eigenvalue weighted by Gasteiger charge is -2.39. The second-order valence-electron chi connectivity index (χ2n) is 3.48. The van der Waals surface area contributed by atoms with Crippen LogP contribution in [0.3, 0.4) is 0 Å². The highest BCUT2D eigenvalue weighted by molar-refractivity contribution is 6.18. The second-order valence-corrected chi connectivity index (χ2v) is 3.75. The fourth-order valence-corrected chi connectivity index (χ4v) is 0.936. The molecular weight excluding hydrogens is 288 g/mol. The Hall–Kier alpha value is -0.310. The van der Waals surface area contributed by atoms with Gasteiger partial charge in [0.1, 0.15) is 5.60 Å². The standard InChI is InChI=1S/C7H7ClF8O/c1-4(17,2-8)6(13,14)7(15,16)5(11,12)3(9)10/h3,17H,2H2,1H3. The molecule has 0 radical (unpaired) electrons. The predicted molar refractivity (Wildman–Crippen MR) is 42.2 cm³/mol. The number of aliphatic hydroxyl groups is 1. The minimum Gasteiger partial charge on any atom is -0.382 e. The maximum atomic E-state index is 12.9. The van der Waals surface area contributed by atoms with Gasteiger partial charge in [0.05, 0.1) is 5.88 Å². The van der Waals surface area contributed by atoms with E-state index in [4.69, 9.17) is 16.7 Å². The van der Waals surface area contributed by atoms with Crippen molar-refractivity contribution in [1.82, 2.24) is 0 Å². The first-order valence-corrected chi connectivity index (χ1v) is 4.49. The maximum Gasteiger partial charge on any atom is 0.380 e. The molecular formula is C7H7ClF8O. The number of alkyl halides is 9. The lowest BCUT2D eigenvalue weighted by atomic mass is 9.91. The first-order valence-electron chi connectivity index (χ1n) is 3.95. The van der Waals surface area contributed by atoms with Crippen LogP contribution >= 0.6 is 11.6 Å². The molecule has 0 aliphatic rings. The van der Waals surface area contributed by atoms with Crippen molar-refractivity contribution in [1.29, 1.82) is 0 Å². The van der Waals surface area contributed by atoms with Crippen LogP contribution in [-0.2, 0) is 0 Å². The molecule has 0 amide bonds. The Bertz CT molecular complexity index is 277. The summed E-state index contributed by atoms with van der Waals surface area (Å²) in [4.78, 5) is 0. The molecule has 1 nitrogen and oxygen atoms in total. The molecule has 1 N–H and O–H groups in total. The van der Waals surface area contributed by atoms with Crippen LogP contribution in [0.1, 0.15) is 6.92 Å². The largest absolute Gasteiger partial charge is 0.382 e. The van der Waals surface area contributed by atoms with Crippen LogP contribution < -0.4 is 0 Å². The van der Waals surface area contributed by atoms with E-state index in [9.17, 15) is 35.1 Å². The molecule has 0 aromatic rings. The van der Waals surface area contributed by atoms with Crippen molar-refractivity contribution in [3.63, 3.8) is 0 Å². The number of hydrogen-bond donors (Lipinski definition) is 1. The molecule has 104 valence electrons. The Kier molecular flexibility index (Phi) is 4.34. The Balaban J connectivity index is 5.61. The number of rotatable bonds is 5. The molecule has 0 saturated heterocycles. The van der Waals surface area contributed by atoms with E-state index in [1.165, 1.54) is 0 Å². The summed E-state index contributed by atoms with van der Waals surface area (Å²) in [7, 11) is 0. The minimum absolute atomic E-state index is 0.0372. The maximum absolute atomic E-state index is 12.9. The summed E-state index contributed by atoms with van der Waals surface area (Å²) in [6, 6.07) is 0. The van der Waals surface area contributed by atoms with Crippen molar-refractivity contribution >= 4 is 11.6 Å². The molecule has 10 heteroatoms. The van der Waals surface area contributed by atoms with Crippen LogP contribution in [-0.4, -0.2) is 40.8 Å². The first-order chi connectivity index (χ1) is 7.25.